The summed E-state index contributed by atoms with van der Waals surface area (Å²) in [5.41, 5.74) is 1.78. The van der Waals surface area contributed by atoms with Gasteiger partial charge in [-0.3, -0.25) is 28.8 Å². The number of fused-ring (bicyclic) bond motifs is 3. The number of ether oxygens (including phenoxy) is 2. The van der Waals surface area contributed by atoms with Gasteiger partial charge in [-0.1, -0.05) is 57.2 Å². The third-order valence-electron chi connectivity index (χ3n) is 11.0. The largest absolute Gasteiger partial charge is 0.449 e. The molecular weight excluding hydrogens is 733 g/mol. The number of amides is 6. The summed E-state index contributed by atoms with van der Waals surface area (Å²) in [7, 11) is -3.95. The van der Waals surface area contributed by atoms with Crippen molar-refractivity contribution in [1.29, 1.82) is 0 Å². The minimum Gasteiger partial charge on any atom is -0.449 e. The van der Waals surface area contributed by atoms with E-state index in [2.05, 4.69) is 39.9 Å². The van der Waals surface area contributed by atoms with E-state index in [1.165, 1.54) is 0 Å². The molecule has 3 heterocycles. The molecule has 0 radical (unpaired) electrons. The molecule has 2 saturated carbocycles. The Balaban J connectivity index is 1.28. The maximum atomic E-state index is 14.4. The van der Waals surface area contributed by atoms with Gasteiger partial charge in [-0.15, -0.1) is 0 Å². The van der Waals surface area contributed by atoms with Crippen LogP contribution in [0, 0.1) is 5.41 Å². The monoisotopic (exact) mass is 782 g/mol. The highest BCUT2D eigenvalue weighted by Gasteiger charge is 2.53. The van der Waals surface area contributed by atoms with Gasteiger partial charge < -0.3 is 30.3 Å². The summed E-state index contributed by atoms with van der Waals surface area (Å²) < 4.78 is 39.0. The summed E-state index contributed by atoms with van der Waals surface area (Å²) >= 11 is 0. The highest BCUT2D eigenvalue weighted by atomic mass is 32.2. The normalized spacial score (nSPS) is 25.4. The Morgan fingerprint density at radius 3 is 2.49 bits per heavy atom. The number of hydrogen-bond acceptors (Lipinski definition) is 10. The lowest BCUT2D eigenvalue weighted by Gasteiger charge is -2.43. The molecule has 1 aromatic rings. The second kappa shape index (κ2) is 15.7. The molecule has 6 amide bonds. The van der Waals surface area contributed by atoms with Crippen molar-refractivity contribution in [3.63, 3.8) is 0 Å². The van der Waals surface area contributed by atoms with Gasteiger partial charge in [0.05, 0.1) is 18.4 Å². The Morgan fingerprint density at radius 2 is 1.80 bits per heavy atom. The molecule has 1 aromatic carbocycles. The summed E-state index contributed by atoms with van der Waals surface area (Å²) in [5, 5.41) is 7.05. The summed E-state index contributed by atoms with van der Waals surface area (Å²) in [6.45, 7) is 11.3. The second-order valence-corrected chi connectivity index (χ2v) is 18.1. The SMILES string of the molecule is C=CC(=O)NCC1NC(=O)OCC(C)(C)CCCCc2cccc3c2CN(C3)C(=O)OC2CC(C(=O)NC3(C(=O)NS(=O)(=O)C4CC4)CC(=C)C3)N(C2)C1=O. The van der Waals surface area contributed by atoms with Crippen LogP contribution in [0.2, 0.25) is 0 Å². The van der Waals surface area contributed by atoms with Crippen LogP contribution in [0.25, 0.3) is 0 Å². The Hall–Kier alpha value is -4.93. The van der Waals surface area contributed by atoms with Crippen molar-refractivity contribution >= 4 is 45.8 Å². The highest BCUT2D eigenvalue weighted by Crippen LogP contribution is 2.38. The number of hydrogen-bond donors (Lipinski definition) is 4. The highest BCUT2D eigenvalue weighted by molar-refractivity contribution is 7.91. The maximum absolute atomic E-state index is 14.4. The number of benzene rings is 1. The minimum atomic E-state index is -3.95. The zero-order valence-corrected chi connectivity index (χ0v) is 32.1. The third-order valence-corrected chi connectivity index (χ3v) is 12.8. The molecule has 5 aliphatic rings. The van der Waals surface area contributed by atoms with Gasteiger partial charge in [0.2, 0.25) is 27.7 Å². The summed E-state index contributed by atoms with van der Waals surface area (Å²) in [5.74, 6) is -3.12. The first-order chi connectivity index (χ1) is 26.0. The summed E-state index contributed by atoms with van der Waals surface area (Å²) in [6, 6.07) is 3.26. The Labute approximate surface area is 320 Å². The van der Waals surface area contributed by atoms with E-state index >= 15 is 0 Å². The molecule has 1 saturated heterocycles. The average molecular weight is 783 g/mol. The van der Waals surface area contributed by atoms with Crippen molar-refractivity contribution in [2.75, 3.05) is 19.7 Å². The number of carbonyl (C=O) groups is 6. The van der Waals surface area contributed by atoms with Crippen molar-refractivity contribution in [3.05, 3.63) is 59.7 Å². The van der Waals surface area contributed by atoms with E-state index in [1.54, 1.807) is 4.90 Å². The number of carbonyl (C=O) groups excluding carboxylic acids is 6. The fourth-order valence-electron chi connectivity index (χ4n) is 7.67. The summed E-state index contributed by atoms with van der Waals surface area (Å²) in [4.78, 5) is 83.7. The smallest absolute Gasteiger partial charge is 0.410 e. The van der Waals surface area contributed by atoms with Crippen molar-refractivity contribution in [2.45, 2.75) is 114 Å². The van der Waals surface area contributed by atoms with Crippen molar-refractivity contribution in [1.82, 2.24) is 30.5 Å². The molecule has 298 valence electrons. The molecule has 17 heteroatoms. The molecule has 55 heavy (non-hydrogen) atoms. The number of sulfonamides is 1. The number of rotatable bonds is 8. The number of cyclic esters (lactones) is 1. The van der Waals surface area contributed by atoms with Gasteiger partial charge in [0.1, 0.15) is 23.7 Å². The lowest BCUT2D eigenvalue weighted by molar-refractivity contribution is -0.142. The predicted octanol–water partition coefficient (Wildman–Crippen LogP) is 2.07. The molecule has 4 N–H and O–H groups in total. The van der Waals surface area contributed by atoms with Gasteiger partial charge in [0, 0.05) is 38.9 Å². The zero-order chi connectivity index (χ0) is 39.7. The number of aryl methyl sites for hydroxylation is 1. The van der Waals surface area contributed by atoms with E-state index < -0.39 is 86.8 Å². The van der Waals surface area contributed by atoms with E-state index in [-0.39, 0.29) is 32.4 Å². The molecule has 3 aliphatic heterocycles. The standard InChI is InChI=1S/C38H50N6O10S/c1-5-31(45)39-18-29-33(47)44-20-26(15-30(44)32(46)41-38(16-23(2)17-38)34(48)42-55(51,52)27-12-13-27)54-36(50)43-19-25-11-8-10-24(28(25)21-43)9-6-7-14-37(3,4)22-53-35(49)40-29/h5,8,10-11,26-27,29-30H,1-2,6-7,9,12-22H2,3-4H3,(H,39,45)(H,40,49)(H,41,46)(H,42,48). The number of nitrogens with zero attached hydrogens (tertiary/aromatic N) is 2. The second-order valence-electron chi connectivity index (χ2n) is 16.1. The van der Waals surface area contributed by atoms with Crippen LogP contribution in [0.3, 0.4) is 0 Å². The molecule has 2 aliphatic carbocycles. The van der Waals surface area contributed by atoms with Gasteiger partial charge in [0.15, 0.2) is 0 Å². The Bertz CT molecular complexity index is 1880. The maximum Gasteiger partial charge on any atom is 0.410 e. The first-order valence-electron chi connectivity index (χ1n) is 18.7. The molecule has 16 nitrogen and oxygen atoms in total. The van der Waals surface area contributed by atoms with Crippen LogP contribution in [0.1, 0.15) is 81.9 Å². The van der Waals surface area contributed by atoms with Crippen molar-refractivity contribution in [3.8, 4) is 0 Å². The van der Waals surface area contributed by atoms with Crippen LogP contribution in [-0.2, 0) is 58.2 Å². The predicted molar refractivity (Wildman–Crippen MR) is 198 cm³/mol. The van der Waals surface area contributed by atoms with E-state index in [0.29, 0.717) is 31.5 Å². The fraction of sp³-hybridized carbons (Fsp3) is 0.579. The van der Waals surface area contributed by atoms with Crippen LogP contribution in [0.4, 0.5) is 9.59 Å². The van der Waals surface area contributed by atoms with E-state index in [1.807, 2.05) is 26.0 Å². The van der Waals surface area contributed by atoms with Crippen LogP contribution in [0.5, 0.6) is 0 Å². The quantitative estimate of drug-likeness (QED) is 0.223. The lowest BCUT2D eigenvalue weighted by Crippen LogP contribution is -2.67. The van der Waals surface area contributed by atoms with Crippen LogP contribution in [-0.4, -0.2) is 103 Å². The van der Waals surface area contributed by atoms with Gasteiger partial charge in [-0.05, 0) is 60.3 Å². The van der Waals surface area contributed by atoms with Gasteiger partial charge in [0.25, 0.3) is 5.91 Å². The summed E-state index contributed by atoms with van der Waals surface area (Å²) in [6.07, 6.45) is 2.38. The molecule has 6 rings (SSSR count). The Morgan fingerprint density at radius 1 is 1.07 bits per heavy atom. The van der Waals surface area contributed by atoms with Crippen LogP contribution < -0.4 is 20.7 Å². The fourth-order valence-corrected chi connectivity index (χ4v) is 9.05. The van der Waals surface area contributed by atoms with Crippen molar-refractivity contribution in [2.24, 2.45) is 5.41 Å². The van der Waals surface area contributed by atoms with Crippen molar-refractivity contribution < 1.29 is 46.7 Å². The van der Waals surface area contributed by atoms with Crippen LogP contribution in [0.15, 0.2) is 43.0 Å². The van der Waals surface area contributed by atoms with E-state index in [9.17, 15) is 37.2 Å². The van der Waals surface area contributed by atoms with Gasteiger partial charge >= 0.3 is 12.2 Å². The molecular formula is C38H50N6O10S. The number of alkyl carbamates (subject to hydrolysis) is 1. The molecule has 3 atom stereocenters. The topological polar surface area (TPSA) is 210 Å². The van der Waals surface area contributed by atoms with Gasteiger partial charge in [-0.25, -0.2) is 18.0 Å². The Kier molecular flexibility index (Phi) is 11.3. The molecule has 3 unspecified atom stereocenters. The minimum absolute atomic E-state index is 0.0265. The number of nitrogens with one attached hydrogen (secondary N) is 4. The third kappa shape index (κ3) is 9.14. The lowest BCUT2D eigenvalue weighted by atomic mass is 9.72. The molecule has 0 aromatic heterocycles. The molecule has 0 spiro atoms. The first kappa shape index (κ1) is 39.8. The zero-order valence-electron chi connectivity index (χ0n) is 31.3. The van der Waals surface area contributed by atoms with Crippen LogP contribution >= 0.6 is 0 Å². The molecule has 4 bridgehead atoms. The average Bonchev–Trinajstić information content (AvgIpc) is 3.77. The van der Waals surface area contributed by atoms with E-state index in [0.717, 1.165) is 53.3 Å². The first-order valence-corrected chi connectivity index (χ1v) is 20.3. The molecule has 3 fully saturated rings. The van der Waals surface area contributed by atoms with Gasteiger partial charge in [-0.2, -0.15) is 0 Å². The van der Waals surface area contributed by atoms with E-state index in [4.69, 9.17) is 9.47 Å².